The third kappa shape index (κ3) is 3.89. The minimum Gasteiger partial charge on any atom is -0.392 e. The van der Waals surface area contributed by atoms with E-state index >= 15 is 0 Å². The second-order valence-electron chi connectivity index (χ2n) is 3.76. The lowest BCUT2D eigenvalue weighted by molar-refractivity contribution is 0.138. The summed E-state index contributed by atoms with van der Waals surface area (Å²) < 4.78 is 13.7. The number of benzene rings is 1. The molecule has 2 nitrogen and oxygen atoms in total. The molecular formula is C11H15BrFNO. The van der Waals surface area contributed by atoms with Gasteiger partial charge in [-0.2, -0.15) is 0 Å². The van der Waals surface area contributed by atoms with E-state index < -0.39 is 0 Å². The van der Waals surface area contributed by atoms with Gasteiger partial charge in [-0.05, 0) is 41.5 Å². The molecule has 0 aliphatic heterocycles. The summed E-state index contributed by atoms with van der Waals surface area (Å²) in [7, 11) is 1.89. The van der Waals surface area contributed by atoms with Crippen LogP contribution in [0.1, 0.15) is 12.5 Å². The average Bonchev–Trinajstić information content (AvgIpc) is 2.11. The third-order valence-electron chi connectivity index (χ3n) is 2.05. The first-order valence-corrected chi connectivity index (χ1v) is 5.59. The predicted octanol–water partition coefficient (Wildman–Crippen LogP) is 2.40. The van der Waals surface area contributed by atoms with Crippen molar-refractivity contribution < 1.29 is 9.50 Å². The van der Waals surface area contributed by atoms with Gasteiger partial charge in [-0.25, -0.2) is 4.39 Å². The van der Waals surface area contributed by atoms with Gasteiger partial charge in [0.25, 0.3) is 0 Å². The molecule has 0 amide bonds. The largest absolute Gasteiger partial charge is 0.392 e. The molecule has 1 N–H and O–H groups in total. The van der Waals surface area contributed by atoms with Crippen LogP contribution in [0.4, 0.5) is 4.39 Å². The fourth-order valence-electron chi connectivity index (χ4n) is 1.48. The smallest absolute Gasteiger partial charge is 0.137 e. The Morgan fingerprint density at radius 2 is 2.20 bits per heavy atom. The Bertz CT molecular complexity index is 330. The minimum absolute atomic E-state index is 0.252. The Labute approximate surface area is 97.8 Å². The van der Waals surface area contributed by atoms with Crippen LogP contribution in [0.15, 0.2) is 22.7 Å². The monoisotopic (exact) mass is 275 g/mol. The molecule has 1 unspecified atom stereocenters. The van der Waals surface area contributed by atoms with E-state index in [1.165, 1.54) is 6.07 Å². The van der Waals surface area contributed by atoms with Gasteiger partial charge in [-0.3, -0.25) is 4.90 Å². The molecule has 4 heteroatoms. The zero-order chi connectivity index (χ0) is 11.4. The Balaban J connectivity index is 2.68. The van der Waals surface area contributed by atoms with Gasteiger partial charge in [0.2, 0.25) is 0 Å². The van der Waals surface area contributed by atoms with Gasteiger partial charge >= 0.3 is 0 Å². The van der Waals surface area contributed by atoms with E-state index in [2.05, 4.69) is 15.9 Å². The van der Waals surface area contributed by atoms with E-state index in [1.807, 2.05) is 18.0 Å². The molecule has 1 atom stereocenters. The van der Waals surface area contributed by atoms with Crippen molar-refractivity contribution in [3.63, 3.8) is 0 Å². The maximum atomic E-state index is 13.2. The Morgan fingerprint density at radius 3 is 2.80 bits per heavy atom. The zero-order valence-corrected chi connectivity index (χ0v) is 10.5. The molecule has 0 aromatic heterocycles. The molecule has 0 radical (unpaired) electrons. The summed E-state index contributed by atoms with van der Waals surface area (Å²) in [6.07, 6.45) is -0.373. The van der Waals surface area contributed by atoms with E-state index in [4.69, 9.17) is 0 Å². The Morgan fingerprint density at radius 1 is 1.53 bits per heavy atom. The van der Waals surface area contributed by atoms with E-state index in [0.717, 1.165) is 5.56 Å². The van der Waals surface area contributed by atoms with Crippen LogP contribution >= 0.6 is 15.9 Å². The van der Waals surface area contributed by atoms with Crippen molar-refractivity contribution in [2.45, 2.75) is 19.6 Å². The predicted molar refractivity (Wildman–Crippen MR) is 62.1 cm³/mol. The molecular weight excluding hydrogens is 261 g/mol. The number of rotatable bonds is 4. The number of nitrogens with zero attached hydrogens (tertiary/aromatic N) is 1. The lowest BCUT2D eigenvalue weighted by Gasteiger charge is -2.19. The van der Waals surface area contributed by atoms with E-state index in [9.17, 15) is 9.50 Å². The number of likely N-dealkylation sites (N-methyl/N-ethyl adjacent to an activating group) is 1. The summed E-state index contributed by atoms with van der Waals surface area (Å²) >= 11 is 3.21. The van der Waals surface area contributed by atoms with Gasteiger partial charge in [-0.15, -0.1) is 0 Å². The summed E-state index contributed by atoms with van der Waals surface area (Å²) in [6.45, 7) is 2.92. The van der Waals surface area contributed by atoms with Crippen LogP contribution in [0.5, 0.6) is 0 Å². The molecule has 0 spiro atoms. The fourth-order valence-corrected chi connectivity index (χ4v) is 1.87. The normalized spacial score (nSPS) is 13.2. The molecule has 0 saturated carbocycles. The third-order valence-corrected chi connectivity index (χ3v) is 2.94. The highest BCUT2D eigenvalue weighted by Gasteiger charge is 2.08. The Hall–Kier alpha value is -0.450. The van der Waals surface area contributed by atoms with Gasteiger partial charge < -0.3 is 5.11 Å². The first-order chi connectivity index (χ1) is 7.00. The number of hydrogen-bond acceptors (Lipinski definition) is 2. The summed E-state index contributed by atoms with van der Waals surface area (Å²) in [5, 5.41) is 9.20. The molecule has 0 fully saturated rings. The molecule has 0 bridgehead atoms. The van der Waals surface area contributed by atoms with Gasteiger partial charge in [0.1, 0.15) is 5.82 Å². The van der Waals surface area contributed by atoms with Crippen LogP contribution in [-0.4, -0.2) is 29.7 Å². The molecule has 0 heterocycles. The second kappa shape index (κ2) is 5.58. The average molecular weight is 276 g/mol. The van der Waals surface area contributed by atoms with Crippen molar-refractivity contribution in [2.75, 3.05) is 13.6 Å². The standard InChI is InChI=1S/C11H15BrFNO/c1-8(15)6-14(2)7-9-4-3-5-10(13)11(9)12/h3-5,8,15H,6-7H2,1-2H3. The van der Waals surface area contributed by atoms with Crippen molar-refractivity contribution in [2.24, 2.45) is 0 Å². The number of aliphatic hydroxyl groups excluding tert-OH is 1. The van der Waals surface area contributed by atoms with Gasteiger partial charge in [0.15, 0.2) is 0 Å². The summed E-state index contributed by atoms with van der Waals surface area (Å²) in [5.41, 5.74) is 0.887. The van der Waals surface area contributed by atoms with Gasteiger partial charge in [-0.1, -0.05) is 12.1 Å². The molecule has 84 valence electrons. The topological polar surface area (TPSA) is 23.5 Å². The SMILES string of the molecule is CC(O)CN(C)Cc1cccc(F)c1Br. The quantitative estimate of drug-likeness (QED) is 0.912. The highest BCUT2D eigenvalue weighted by molar-refractivity contribution is 9.10. The van der Waals surface area contributed by atoms with Crippen LogP contribution in [0, 0.1) is 5.82 Å². The van der Waals surface area contributed by atoms with E-state index in [0.29, 0.717) is 17.6 Å². The van der Waals surface area contributed by atoms with Crippen molar-refractivity contribution >= 4 is 15.9 Å². The molecule has 0 aliphatic rings. The first-order valence-electron chi connectivity index (χ1n) is 4.80. The molecule has 15 heavy (non-hydrogen) atoms. The van der Waals surface area contributed by atoms with Crippen molar-refractivity contribution in [3.8, 4) is 0 Å². The van der Waals surface area contributed by atoms with Crippen molar-refractivity contribution in [1.82, 2.24) is 4.90 Å². The van der Waals surface area contributed by atoms with Crippen LogP contribution in [0.25, 0.3) is 0 Å². The van der Waals surface area contributed by atoms with Crippen molar-refractivity contribution in [3.05, 3.63) is 34.1 Å². The maximum Gasteiger partial charge on any atom is 0.137 e. The van der Waals surface area contributed by atoms with E-state index in [-0.39, 0.29) is 11.9 Å². The summed E-state index contributed by atoms with van der Waals surface area (Å²) in [5.74, 6) is -0.252. The molecule has 1 aromatic carbocycles. The number of hydrogen-bond donors (Lipinski definition) is 1. The lowest BCUT2D eigenvalue weighted by Crippen LogP contribution is -2.26. The highest BCUT2D eigenvalue weighted by atomic mass is 79.9. The fraction of sp³-hybridized carbons (Fsp3) is 0.455. The lowest BCUT2D eigenvalue weighted by atomic mass is 10.2. The van der Waals surface area contributed by atoms with Crippen LogP contribution in [-0.2, 0) is 6.54 Å². The van der Waals surface area contributed by atoms with Crippen LogP contribution in [0.3, 0.4) is 0 Å². The second-order valence-corrected chi connectivity index (χ2v) is 4.55. The number of aliphatic hydroxyl groups is 1. The maximum absolute atomic E-state index is 13.2. The van der Waals surface area contributed by atoms with Crippen molar-refractivity contribution in [1.29, 1.82) is 0 Å². The summed E-state index contributed by atoms with van der Waals surface area (Å²) in [4.78, 5) is 1.95. The Kier molecular flexibility index (Phi) is 4.70. The molecule has 1 rings (SSSR count). The highest BCUT2D eigenvalue weighted by Crippen LogP contribution is 2.21. The van der Waals surface area contributed by atoms with Gasteiger partial charge in [0, 0.05) is 13.1 Å². The van der Waals surface area contributed by atoms with Crippen LogP contribution in [0.2, 0.25) is 0 Å². The molecule has 0 saturated heterocycles. The molecule has 1 aromatic rings. The molecule has 0 aliphatic carbocycles. The van der Waals surface area contributed by atoms with E-state index in [1.54, 1.807) is 13.0 Å². The minimum atomic E-state index is -0.373. The zero-order valence-electron chi connectivity index (χ0n) is 8.87. The number of halogens is 2. The summed E-state index contributed by atoms with van der Waals surface area (Å²) in [6, 6.07) is 4.97. The first kappa shape index (κ1) is 12.6. The van der Waals surface area contributed by atoms with Crippen LogP contribution < -0.4 is 0 Å². The van der Waals surface area contributed by atoms with Gasteiger partial charge in [0.05, 0.1) is 10.6 Å².